The molecule has 0 unspecified atom stereocenters. The van der Waals surface area contributed by atoms with E-state index >= 15 is 0 Å². The molecule has 0 saturated heterocycles. The molecule has 146 valence electrons. The van der Waals surface area contributed by atoms with Gasteiger partial charge in [0.25, 0.3) is 5.91 Å². The summed E-state index contributed by atoms with van der Waals surface area (Å²) in [4.78, 5) is 17.1. The lowest BCUT2D eigenvalue weighted by molar-refractivity contribution is -0.137. The van der Waals surface area contributed by atoms with E-state index in [0.29, 0.717) is 15.7 Å². The van der Waals surface area contributed by atoms with Crippen molar-refractivity contribution >= 4 is 45.4 Å². The highest BCUT2D eigenvalue weighted by molar-refractivity contribution is 7.17. The number of rotatable bonds is 4. The average Bonchev–Trinajstić information content (AvgIpc) is 2.96. The fourth-order valence-corrected chi connectivity index (χ4v) is 3.62. The van der Waals surface area contributed by atoms with Gasteiger partial charge in [0.2, 0.25) is 0 Å². The summed E-state index contributed by atoms with van der Waals surface area (Å²) < 4.78 is 38.9. The molecule has 2 aromatic carbocycles. The predicted octanol–water partition coefficient (Wildman–Crippen LogP) is 6.43. The molecule has 0 aliphatic carbocycles. The fraction of sp³-hybridized carbons (Fsp3) is 0.158. The molecule has 2 N–H and O–H groups in total. The van der Waals surface area contributed by atoms with E-state index in [1.54, 1.807) is 6.92 Å². The molecule has 1 aromatic heterocycles. The van der Waals surface area contributed by atoms with E-state index < -0.39 is 22.7 Å². The number of carbonyl (C=O) groups excluding carboxylic acids is 1. The number of carbonyl (C=O) groups is 1. The normalized spacial score (nSPS) is 11.4. The van der Waals surface area contributed by atoms with Gasteiger partial charge in [0.15, 0.2) is 5.13 Å². The van der Waals surface area contributed by atoms with Gasteiger partial charge in [-0.05, 0) is 49.7 Å². The maximum absolute atomic E-state index is 13.0. The Hall–Kier alpha value is -2.58. The van der Waals surface area contributed by atoms with Crippen LogP contribution in [0.5, 0.6) is 0 Å². The Bertz CT molecular complexity index is 1030. The highest BCUT2D eigenvalue weighted by Crippen LogP contribution is 2.36. The Morgan fingerprint density at radius 2 is 1.86 bits per heavy atom. The van der Waals surface area contributed by atoms with Crippen LogP contribution in [0.25, 0.3) is 0 Å². The summed E-state index contributed by atoms with van der Waals surface area (Å²) in [6.45, 7) is 3.62. The lowest BCUT2D eigenvalue weighted by atomic mass is 10.2. The summed E-state index contributed by atoms with van der Waals surface area (Å²) in [6, 6.07) is 10.9. The summed E-state index contributed by atoms with van der Waals surface area (Å²) in [5.41, 5.74) is 1.37. The average molecular weight is 426 g/mol. The smallest absolute Gasteiger partial charge is 0.332 e. The number of alkyl halides is 3. The van der Waals surface area contributed by atoms with Crippen molar-refractivity contribution in [2.45, 2.75) is 20.0 Å². The van der Waals surface area contributed by atoms with Gasteiger partial charge in [-0.2, -0.15) is 13.2 Å². The van der Waals surface area contributed by atoms with Crippen LogP contribution in [0, 0.1) is 13.8 Å². The second-order valence-corrected chi connectivity index (χ2v) is 7.48. The first-order valence-electron chi connectivity index (χ1n) is 8.12. The first-order valence-corrected chi connectivity index (χ1v) is 9.32. The number of nitrogens with zero attached hydrogens (tertiary/aromatic N) is 1. The first-order chi connectivity index (χ1) is 13.1. The third-order valence-corrected chi connectivity index (χ3v) is 5.20. The van der Waals surface area contributed by atoms with Crippen LogP contribution in [0.2, 0.25) is 5.02 Å². The molecule has 4 nitrogen and oxygen atoms in total. The number of anilines is 3. The summed E-state index contributed by atoms with van der Waals surface area (Å²) in [5, 5.41) is 5.68. The molecule has 0 radical (unpaired) electrons. The minimum atomic E-state index is -4.61. The first kappa shape index (κ1) is 20.2. The minimum Gasteiger partial charge on any atom is -0.332 e. The molecule has 28 heavy (non-hydrogen) atoms. The van der Waals surface area contributed by atoms with Crippen LogP contribution in [-0.4, -0.2) is 10.9 Å². The lowest BCUT2D eigenvalue weighted by Crippen LogP contribution is -2.13. The Morgan fingerprint density at radius 1 is 1.11 bits per heavy atom. The van der Waals surface area contributed by atoms with Gasteiger partial charge in [0.1, 0.15) is 4.88 Å². The maximum Gasteiger partial charge on any atom is 0.417 e. The number of halogens is 4. The van der Waals surface area contributed by atoms with E-state index in [1.807, 2.05) is 31.2 Å². The Morgan fingerprint density at radius 3 is 2.54 bits per heavy atom. The number of thiazole rings is 1. The van der Waals surface area contributed by atoms with Crippen LogP contribution in [0.15, 0.2) is 42.5 Å². The topological polar surface area (TPSA) is 54.0 Å². The van der Waals surface area contributed by atoms with Crippen molar-refractivity contribution in [3.05, 3.63) is 69.2 Å². The molecule has 0 saturated carbocycles. The van der Waals surface area contributed by atoms with Gasteiger partial charge < -0.3 is 10.6 Å². The van der Waals surface area contributed by atoms with Gasteiger partial charge >= 0.3 is 6.18 Å². The fourth-order valence-electron chi connectivity index (χ4n) is 2.51. The van der Waals surface area contributed by atoms with E-state index in [4.69, 9.17) is 11.6 Å². The number of aryl methyl sites for hydroxylation is 2. The van der Waals surface area contributed by atoms with Gasteiger partial charge in [-0.15, -0.1) is 0 Å². The van der Waals surface area contributed by atoms with Gasteiger partial charge in [-0.3, -0.25) is 4.79 Å². The number of aromatic nitrogens is 1. The van der Waals surface area contributed by atoms with Crippen LogP contribution < -0.4 is 10.6 Å². The Kier molecular flexibility index (Phi) is 5.62. The number of benzene rings is 2. The quantitative estimate of drug-likeness (QED) is 0.506. The van der Waals surface area contributed by atoms with E-state index in [2.05, 4.69) is 15.6 Å². The zero-order valence-corrected chi connectivity index (χ0v) is 16.4. The summed E-state index contributed by atoms with van der Waals surface area (Å²) in [5.74, 6) is -0.539. The second-order valence-electron chi connectivity index (χ2n) is 6.07. The number of hydrogen-bond acceptors (Lipinski definition) is 4. The largest absolute Gasteiger partial charge is 0.417 e. The van der Waals surface area contributed by atoms with Gasteiger partial charge in [0.05, 0.1) is 16.3 Å². The molecular formula is C19H15ClF3N3OS. The van der Waals surface area contributed by atoms with Crippen LogP contribution in [0.1, 0.15) is 26.5 Å². The number of hydrogen-bond donors (Lipinski definition) is 2. The summed E-state index contributed by atoms with van der Waals surface area (Å²) >= 11 is 6.72. The third-order valence-electron chi connectivity index (χ3n) is 3.80. The molecule has 0 fully saturated rings. The molecule has 0 spiro atoms. The van der Waals surface area contributed by atoms with Crippen LogP contribution in [0.3, 0.4) is 0 Å². The van der Waals surface area contributed by atoms with Crippen molar-refractivity contribution in [1.82, 2.24) is 4.98 Å². The SMILES string of the molecule is Cc1cccc(Nc2nc(C)c(C(=O)Nc3ccc(Cl)c(C(F)(F)F)c3)s2)c1. The minimum absolute atomic E-state index is 0.00252. The van der Waals surface area contributed by atoms with Crippen molar-refractivity contribution in [2.75, 3.05) is 10.6 Å². The number of nitrogens with one attached hydrogen (secondary N) is 2. The molecule has 0 aliphatic heterocycles. The van der Waals surface area contributed by atoms with E-state index in [1.165, 1.54) is 6.07 Å². The van der Waals surface area contributed by atoms with Crippen molar-refractivity contribution in [3.63, 3.8) is 0 Å². The van der Waals surface area contributed by atoms with Gasteiger partial charge in [0, 0.05) is 11.4 Å². The molecule has 9 heteroatoms. The highest BCUT2D eigenvalue weighted by atomic mass is 35.5. The van der Waals surface area contributed by atoms with Gasteiger partial charge in [-0.25, -0.2) is 4.98 Å². The lowest BCUT2D eigenvalue weighted by Gasteiger charge is -2.11. The van der Waals surface area contributed by atoms with Crippen LogP contribution >= 0.6 is 22.9 Å². The molecule has 3 rings (SSSR count). The van der Waals surface area contributed by atoms with Crippen molar-refractivity contribution < 1.29 is 18.0 Å². The Labute approximate surface area is 168 Å². The molecule has 0 aliphatic rings. The molecular weight excluding hydrogens is 411 g/mol. The number of amides is 1. The van der Waals surface area contributed by atoms with Crippen molar-refractivity contribution in [2.24, 2.45) is 0 Å². The van der Waals surface area contributed by atoms with Crippen molar-refractivity contribution in [1.29, 1.82) is 0 Å². The molecule has 3 aromatic rings. The predicted molar refractivity (Wildman–Crippen MR) is 106 cm³/mol. The van der Waals surface area contributed by atoms with E-state index in [9.17, 15) is 18.0 Å². The zero-order valence-electron chi connectivity index (χ0n) is 14.8. The third kappa shape index (κ3) is 4.63. The zero-order chi connectivity index (χ0) is 20.5. The second kappa shape index (κ2) is 7.81. The van der Waals surface area contributed by atoms with E-state index in [0.717, 1.165) is 34.7 Å². The van der Waals surface area contributed by atoms with Crippen LogP contribution in [0.4, 0.5) is 29.7 Å². The van der Waals surface area contributed by atoms with E-state index in [-0.39, 0.29) is 5.69 Å². The Balaban J connectivity index is 1.79. The molecule has 0 atom stereocenters. The molecule has 1 heterocycles. The van der Waals surface area contributed by atoms with Crippen LogP contribution in [-0.2, 0) is 6.18 Å². The van der Waals surface area contributed by atoms with Gasteiger partial charge in [-0.1, -0.05) is 35.1 Å². The molecule has 0 bridgehead atoms. The summed E-state index contributed by atoms with van der Waals surface area (Å²) in [6.07, 6.45) is -4.61. The molecule has 1 amide bonds. The standard InChI is InChI=1S/C19H15ClF3N3OS/c1-10-4-3-5-12(8-10)26-18-24-11(2)16(28-18)17(27)25-13-6-7-15(20)14(9-13)19(21,22)23/h3-9H,1-2H3,(H,24,26)(H,25,27). The monoisotopic (exact) mass is 425 g/mol. The van der Waals surface area contributed by atoms with Crippen molar-refractivity contribution in [3.8, 4) is 0 Å². The maximum atomic E-state index is 13.0. The highest BCUT2D eigenvalue weighted by Gasteiger charge is 2.33. The summed E-state index contributed by atoms with van der Waals surface area (Å²) in [7, 11) is 0.